The Morgan fingerprint density at radius 3 is 2.55 bits per heavy atom. The van der Waals surface area contributed by atoms with Crippen LogP contribution in [0.1, 0.15) is 22.8 Å². The summed E-state index contributed by atoms with van der Waals surface area (Å²) in [6, 6.07) is 18.1. The summed E-state index contributed by atoms with van der Waals surface area (Å²) in [5, 5.41) is 12.7. The Kier molecular flexibility index (Phi) is 3.25. The first-order chi connectivity index (χ1) is 9.66. The third kappa shape index (κ3) is 2.19. The highest BCUT2D eigenvalue weighted by Gasteiger charge is 2.16. The van der Waals surface area contributed by atoms with Gasteiger partial charge in [0.05, 0.1) is 0 Å². The van der Waals surface area contributed by atoms with Gasteiger partial charge in [-0.2, -0.15) is 0 Å². The molecule has 0 heterocycles. The second-order valence-corrected chi connectivity index (χ2v) is 4.97. The largest absolute Gasteiger partial charge is 0.384 e. The van der Waals surface area contributed by atoms with E-state index in [4.69, 9.17) is 0 Å². The van der Waals surface area contributed by atoms with E-state index in [0.29, 0.717) is 5.56 Å². The number of hydrogen-bond donors (Lipinski definition) is 1. The van der Waals surface area contributed by atoms with Crippen molar-refractivity contribution in [1.29, 1.82) is 0 Å². The summed E-state index contributed by atoms with van der Waals surface area (Å²) in [6.45, 7) is 1.96. The van der Waals surface area contributed by atoms with Crippen molar-refractivity contribution in [1.82, 2.24) is 0 Å². The third-order valence-electron chi connectivity index (χ3n) is 3.63. The maximum absolute atomic E-state index is 13.3. The zero-order chi connectivity index (χ0) is 14.1. The number of aryl methyl sites for hydroxylation is 1. The lowest BCUT2D eigenvalue weighted by molar-refractivity contribution is 0.220. The fraction of sp³-hybridized carbons (Fsp3) is 0.111. The van der Waals surface area contributed by atoms with Crippen molar-refractivity contribution < 1.29 is 9.50 Å². The smallest absolute Gasteiger partial charge is 0.123 e. The molecule has 0 saturated heterocycles. The summed E-state index contributed by atoms with van der Waals surface area (Å²) in [7, 11) is 0. The number of aliphatic hydroxyl groups is 1. The van der Waals surface area contributed by atoms with Gasteiger partial charge in [0, 0.05) is 0 Å². The quantitative estimate of drug-likeness (QED) is 0.730. The van der Waals surface area contributed by atoms with Gasteiger partial charge in [-0.3, -0.25) is 0 Å². The predicted octanol–water partition coefficient (Wildman–Crippen LogP) is 4.37. The Balaban J connectivity index is 2.21. The molecule has 1 nitrogen and oxygen atoms in total. The summed E-state index contributed by atoms with van der Waals surface area (Å²) in [6.07, 6.45) is -0.822. The lowest BCUT2D eigenvalue weighted by atomic mass is 9.92. The number of benzene rings is 3. The van der Waals surface area contributed by atoms with Crippen molar-refractivity contribution in [3.63, 3.8) is 0 Å². The number of hydrogen-bond acceptors (Lipinski definition) is 1. The highest BCUT2D eigenvalue weighted by molar-refractivity contribution is 5.87. The summed E-state index contributed by atoms with van der Waals surface area (Å²) < 4.78 is 13.3. The summed E-state index contributed by atoms with van der Waals surface area (Å²) in [5.74, 6) is -0.334. The number of rotatable bonds is 2. The van der Waals surface area contributed by atoms with E-state index in [-0.39, 0.29) is 5.82 Å². The lowest BCUT2D eigenvalue weighted by Gasteiger charge is -2.17. The van der Waals surface area contributed by atoms with Crippen molar-refractivity contribution in [2.75, 3.05) is 0 Å². The van der Waals surface area contributed by atoms with Crippen molar-refractivity contribution in [2.45, 2.75) is 13.0 Å². The molecule has 1 N–H and O–H groups in total. The number of halogens is 1. The highest BCUT2D eigenvalue weighted by Crippen LogP contribution is 2.31. The first-order valence-electron chi connectivity index (χ1n) is 6.58. The molecule has 0 spiro atoms. The van der Waals surface area contributed by atoms with Crippen LogP contribution in [0.4, 0.5) is 4.39 Å². The maximum Gasteiger partial charge on any atom is 0.123 e. The molecule has 3 rings (SSSR count). The van der Waals surface area contributed by atoms with Crippen LogP contribution in [0.25, 0.3) is 10.8 Å². The molecule has 0 amide bonds. The number of aliphatic hydroxyl groups excluding tert-OH is 1. The molecule has 0 aliphatic rings. The van der Waals surface area contributed by atoms with Crippen LogP contribution in [0.2, 0.25) is 0 Å². The first kappa shape index (κ1) is 12.8. The second-order valence-electron chi connectivity index (χ2n) is 4.97. The maximum atomic E-state index is 13.3. The molecule has 100 valence electrons. The van der Waals surface area contributed by atoms with Crippen LogP contribution in [-0.4, -0.2) is 5.11 Å². The Morgan fingerprint density at radius 2 is 1.75 bits per heavy atom. The Morgan fingerprint density at radius 1 is 0.950 bits per heavy atom. The molecule has 0 fully saturated rings. The Hall–Kier alpha value is -2.19. The normalized spacial score (nSPS) is 12.6. The van der Waals surface area contributed by atoms with Gasteiger partial charge in [-0.25, -0.2) is 4.39 Å². The van der Waals surface area contributed by atoms with Crippen LogP contribution in [0, 0.1) is 12.7 Å². The monoisotopic (exact) mass is 266 g/mol. The summed E-state index contributed by atoms with van der Waals surface area (Å²) >= 11 is 0. The standard InChI is InChI=1S/C18H15FO/c1-12-9-10-13-5-2-3-8-16(13)17(12)18(20)14-6-4-7-15(19)11-14/h2-11,18,20H,1H3. The molecule has 2 heteroatoms. The summed E-state index contributed by atoms with van der Waals surface area (Å²) in [4.78, 5) is 0. The van der Waals surface area contributed by atoms with Crippen LogP contribution >= 0.6 is 0 Å². The van der Waals surface area contributed by atoms with Gasteiger partial charge in [-0.05, 0) is 46.5 Å². The zero-order valence-electron chi connectivity index (χ0n) is 11.2. The van der Waals surface area contributed by atoms with Crippen LogP contribution in [-0.2, 0) is 0 Å². The lowest BCUT2D eigenvalue weighted by Crippen LogP contribution is -2.03. The van der Waals surface area contributed by atoms with Crippen LogP contribution in [0.15, 0.2) is 60.7 Å². The van der Waals surface area contributed by atoms with Gasteiger partial charge in [0.1, 0.15) is 11.9 Å². The minimum atomic E-state index is -0.822. The minimum Gasteiger partial charge on any atom is -0.384 e. The molecule has 0 aliphatic heterocycles. The average Bonchev–Trinajstić information content (AvgIpc) is 2.46. The predicted molar refractivity (Wildman–Crippen MR) is 79.1 cm³/mol. The van der Waals surface area contributed by atoms with Crippen LogP contribution in [0.3, 0.4) is 0 Å². The van der Waals surface area contributed by atoms with Crippen molar-refractivity contribution >= 4 is 10.8 Å². The SMILES string of the molecule is Cc1ccc2ccccc2c1C(O)c1cccc(F)c1. The molecule has 0 aromatic heterocycles. The van der Waals surface area contributed by atoms with E-state index in [9.17, 15) is 9.50 Å². The Bertz CT molecular complexity index is 764. The molecule has 0 radical (unpaired) electrons. The van der Waals surface area contributed by atoms with E-state index >= 15 is 0 Å². The second kappa shape index (κ2) is 5.06. The number of fused-ring (bicyclic) bond motifs is 1. The average molecular weight is 266 g/mol. The van der Waals surface area contributed by atoms with E-state index in [0.717, 1.165) is 21.9 Å². The molecule has 3 aromatic rings. The van der Waals surface area contributed by atoms with Gasteiger partial charge >= 0.3 is 0 Å². The fourth-order valence-electron chi connectivity index (χ4n) is 2.61. The highest BCUT2D eigenvalue weighted by atomic mass is 19.1. The van der Waals surface area contributed by atoms with Crippen molar-refractivity contribution in [3.05, 3.63) is 83.2 Å². The van der Waals surface area contributed by atoms with E-state index in [1.807, 2.05) is 43.3 Å². The van der Waals surface area contributed by atoms with Gasteiger partial charge in [0.25, 0.3) is 0 Å². The molecular weight excluding hydrogens is 251 g/mol. The van der Waals surface area contributed by atoms with Gasteiger partial charge in [-0.15, -0.1) is 0 Å². The van der Waals surface area contributed by atoms with Crippen molar-refractivity contribution in [2.24, 2.45) is 0 Å². The summed E-state index contributed by atoms with van der Waals surface area (Å²) in [5.41, 5.74) is 2.42. The first-order valence-corrected chi connectivity index (χ1v) is 6.58. The van der Waals surface area contributed by atoms with E-state index in [2.05, 4.69) is 0 Å². The molecule has 0 saturated carbocycles. The van der Waals surface area contributed by atoms with Crippen molar-refractivity contribution in [3.8, 4) is 0 Å². The zero-order valence-corrected chi connectivity index (χ0v) is 11.2. The van der Waals surface area contributed by atoms with Gasteiger partial charge in [0.2, 0.25) is 0 Å². The molecule has 0 aliphatic carbocycles. The van der Waals surface area contributed by atoms with Crippen LogP contribution < -0.4 is 0 Å². The van der Waals surface area contributed by atoms with Gasteiger partial charge in [-0.1, -0.05) is 48.5 Å². The van der Waals surface area contributed by atoms with E-state index < -0.39 is 6.10 Å². The van der Waals surface area contributed by atoms with Gasteiger partial charge < -0.3 is 5.11 Å². The fourth-order valence-corrected chi connectivity index (χ4v) is 2.61. The topological polar surface area (TPSA) is 20.2 Å². The molecule has 0 bridgehead atoms. The molecular formula is C18H15FO. The third-order valence-corrected chi connectivity index (χ3v) is 3.63. The van der Waals surface area contributed by atoms with Gasteiger partial charge in [0.15, 0.2) is 0 Å². The Labute approximate surface area is 117 Å². The molecule has 1 unspecified atom stereocenters. The van der Waals surface area contributed by atoms with E-state index in [1.165, 1.54) is 12.1 Å². The van der Waals surface area contributed by atoms with E-state index in [1.54, 1.807) is 12.1 Å². The molecule has 1 atom stereocenters. The molecule has 3 aromatic carbocycles. The van der Waals surface area contributed by atoms with Crippen LogP contribution in [0.5, 0.6) is 0 Å². The minimum absolute atomic E-state index is 0.334. The molecule has 20 heavy (non-hydrogen) atoms.